The minimum atomic E-state index is -1.02. The highest BCUT2D eigenvalue weighted by Gasteiger charge is 2.19. The summed E-state index contributed by atoms with van der Waals surface area (Å²) in [6.45, 7) is 1.68. The van der Waals surface area contributed by atoms with E-state index in [1.165, 1.54) is 18.5 Å². The maximum atomic E-state index is 11.2. The van der Waals surface area contributed by atoms with Gasteiger partial charge in [-0.1, -0.05) is 6.07 Å². The summed E-state index contributed by atoms with van der Waals surface area (Å²) in [5.41, 5.74) is 1.00. The van der Waals surface area contributed by atoms with E-state index < -0.39 is 10.9 Å². The van der Waals surface area contributed by atoms with Crippen molar-refractivity contribution in [1.82, 2.24) is 9.97 Å². The van der Waals surface area contributed by atoms with Gasteiger partial charge in [0.1, 0.15) is 21.9 Å². The number of carbonyl (C=O) groups is 1. The number of hydrogen-bond donors (Lipinski definition) is 2. The number of rotatable bonds is 4. The van der Waals surface area contributed by atoms with E-state index in [9.17, 15) is 20.0 Å². The number of nitro benzene ring substituents is 1. The molecule has 8 nitrogen and oxygen atoms in total. The number of nitrogens with one attached hydrogen (secondary N) is 1. The molecule has 2 heterocycles. The van der Waals surface area contributed by atoms with Crippen LogP contribution in [0.25, 0.3) is 10.2 Å². The van der Waals surface area contributed by atoms with Crippen LogP contribution in [0.4, 0.5) is 17.2 Å². The number of aromatic nitrogens is 2. The number of thiophene rings is 1. The molecule has 1 aromatic carbocycles. The van der Waals surface area contributed by atoms with Crippen LogP contribution in [0.5, 0.6) is 0 Å². The van der Waals surface area contributed by atoms with Crippen molar-refractivity contribution in [2.75, 3.05) is 5.32 Å². The van der Waals surface area contributed by atoms with Crippen molar-refractivity contribution >= 4 is 44.7 Å². The molecule has 3 rings (SSSR count). The molecule has 0 aliphatic carbocycles. The standard InChI is InChI=1S/C14H10N4O4S/c1-7-10-12(15-6-16-13(10)23-11(7)14(19)20)17-8-3-2-4-9(5-8)18(21)22/h2-6H,1H3,(H,19,20)(H,15,16,17). The zero-order valence-corrected chi connectivity index (χ0v) is 12.6. The molecule has 0 radical (unpaired) electrons. The monoisotopic (exact) mass is 330 g/mol. The normalized spacial score (nSPS) is 10.7. The van der Waals surface area contributed by atoms with Crippen molar-refractivity contribution in [1.29, 1.82) is 0 Å². The minimum absolute atomic E-state index is 0.0476. The van der Waals surface area contributed by atoms with E-state index in [-0.39, 0.29) is 10.6 Å². The molecule has 0 saturated heterocycles. The lowest BCUT2D eigenvalue weighted by Gasteiger charge is -2.07. The molecule has 116 valence electrons. The van der Waals surface area contributed by atoms with Gasteiger partial charge >= 0.3 is 5.97 Å². The second kappa shape index (κ2) is 5.61. The Morgan fingerprint density at radius 3 is 2.87 bits per heavy atom. The third kappa shape index (κ3) is 2.69. The summed E-state index contributed by atoms with van der Waals surface area (Å²) >= 11 is 1.07. The van der Waals surface area contributed by atoms with Gasteiger partial charge in [0, 0.05) is 17.8 Å². The third-order valence-electron chi connectivity index (χ3n) is 3.24. The van der Waals surface area contributed by atoms with Gasteiger partial charge in [-0.25, -0.2) is 14.8 Å². The lowest BCUT2D eigenvalue weighted by molar-refractivity contribution is -0.384. The molecule has 0 unspecified atom stereocenters. The van der Waals surface area contributed by atoms with Crippen LogP contribution in [0.3, 0.4) is 0 Å². The van der Waals surface area contributed by atoms with Crippen molar-refractivity contribution in [2.45, 2.75) is 6.92 Å². The topological polar surface area (TPSA) is 118 Å². The Labute approximate surface area is 133 Å². The minimum Gasteiger partial charge on any atom is -0.477 e. The Morgan fingerprint density at radius 1 is 1.39 bits per heavy atom. The van der Waals surface area contributed by atoms with Crippen LogP contribution < -0.4 is 5.32 Å². The van der Waals surface area contributed by atoms with E-state index in [4.69, 9.17) is 0 Å². The van der Waals surface area contributed by atoms with Gasteiger partial charge in [-0.2, -0.15) is 0 Å². The second-order valence-electron chi connectivity index (χ2n) is 4.70. The predicted octanol–water partition coefficient (Wildman–Crippen LogP) is 3.35. The number of aryl methyl sites for hydroxylation is 1. The Balaban J connectivity index is 2.08. The molecule has 3 aromatic rings. The smallest absolute Gasteiger partial charge is 0.346 e. The van der Waals surface area contributed by atoms with Crippen molar-refractivity contribution in [3.8, 4) is 0 Å². The number of nitrogens with zero attached hydrogens (tertiary/aromatic N) is 3. The van der Waals surface area contributed by atoms with E-state index in [0.29, 0.717) is 27.3 Å². The van der Waals surface area contributed by atoms with Gasteiger partial charge in [0.2, 0.25) is 0 Å². The summed E-state index contributed by atoms with van der Waals surface area (Å²) in [6.07, 6.45) is 1.32. The van der Waals surface area contributed by atoms with Crippen LogP contribution in [0, 0.1) is 17.0 Å². The van der Waals surface area contributed by atoms with Crippen molar-refractivity contribution in [3.05, 3.63) is 51.1 Å². The third-order valence-corrected chi connectivity index (χ3v) is 4.43. The number of non-ortho nitro benzene ring substituents is 1. The van der Waals surface area contributed by atoms with Gasteiger partial charge in [-0.05, 0) is 18.6 Å². The number of benzene rings is 1. The Kier molecular flexibility index (Phi) is 3.62. The fraction of sp³-hybridized carbons (Fsp3) is 0.0714. The maximum absolute atomic E-state index is 11.2. The molecule has 23 heavy (non-hydrogen) atoms. The first-order valence-corrected chi connectivity index (χ1v) is 7.28. The molecule has 9 heteroatoms. The molecular weight excluding hydrogens is 320 g/mol. The van der Waals surface area contributed by atoms with E-state index in [2.05, 4.69) is 15.3 Å². The quantitative estimate of drug-likeness (QED) is 0.556. The fourth-order valence-corrected chi connectivity index (χ4v) is 3.19. The summed E-state index contributed by atoms with van der Waals surface area (Å²) in [7, 11) is 0. The number of hydrogen-bond acceptors (Lipinski definition) is 7. The summed E-state index contributed by atoms with van der Waals surface area (Å²) in [5, 5.41) is 23.6. The fourth-order valence-electron chi connectivity index (χ4n) is 2.20. The van der Waals surface area contributed by atoms with Crippen LogP contribution in [0.2, 0.25) is 0 Å². The number of fused-ring (bicyclic) bond motifs is 1. The zero-order chi connectivity index (χ0) is 16.6. The first-order valence-electron chi connectivity index (χ1n) is 6.46. The molecule has 0 aliphatic heterocycles. The van der Waals surface area contributed by atoms with Crippen LogP contribution >= 0.6 is 11.3 Å². The van der Waals surface area contributed by atoms with Crippen molar-refractivity contribution < 1.29 is 14.8 Å². The first-order chi connectivity index (χ1) is 11.0. The highest BCUT2D eigenvalue weighted by atomic mass is 32.1. The molecule has 2 aromatic heterocycles. The molecular formula is C14H10N4O4S. The summed E-state index contributed by atoms with van der Waals surface area (Å²) in [4.78, 5) is 30.6. The number of anilines is 2. The highest BCUT2D eigenvalue weighted by molar-refractivity contribution is 7.20. The number of nitro groups is 1. The maximum Gasteiger partial charge on any atom is 0.346 e. The number of aromatic carboxylic acids is 1. The predicted molar refractivity (Wildman–Crippen MR) is 85.5 cm³/mol. The molecule has 0 fully saturated rings. The average molecular weight is 330 g/mol. The van der Waals surface area contributed by atoms with Gasteiger partial charge < -0.3 is 10.4 Å². The highest BCUT2D eigenvalue weighted by Crippen LogP contribution is 2.34. The van der Waals surface area contributed by atoms with E-state index in [0.717, 1.165) is 11.3 Å². The summed E-state index contributed by atoms with van der Waals surface area (Å²) in [6, 6.07) is 6.00. The van der Waals surface area contributed by atoms with Gasteiger partial charge in [-0.15, -0.1) is 11.3 Å². The van der Waals surface area contributed by atoms with E-state index in [1.807, 2.05) is 0 Å². The Bertz CT molecular complexity index is 938. The number of carboxylic acid groups (broad SMARTS) is 1. The molecule has 0 aliphatic rings. The molecule has 0 amide bonds. The van der Waals surface area contributed by atoms with Gasteiger partial charge in [-0.3, -0.25) is 10.1 Å². The van der Waals surface area contributed by atoms with Crippen molar-refractivity contribution in [3.63, 3.8) is 0 Å². The van der Waals surface area contributed by atoms with Crippen molar-refractivity contribution in [2.24, 2.45) is 0 Å². The molecule has 0 bridgehead atoms. The molecule has 0 saturated carbocycles. The molecule has 0 spiro atoms. The molecule has 0 atom stereocenters. The second-order valence-corrected chi connectivity index (χ2v) is 5.70. The van der Waals surface area contributed by atoms with Gasteiger partial charge in [0.05, 0.1) is 10.3 Å². The zero-order valence-electron chi connectivity index (χ0n) is 11.8. The van der Waals surface area contributed by atoms with Gasteiger partial charge in [0.15, 0.2) is 0 Å². The molecule has 2 N–H and O–H groups in total. The van der Waals surface area contributed by atoms with E-state index in [1.54, 1.807) is 19.1 Å². The Hall–Kier alpha value is -3.07. The van der Waals surface area contributed by atoms with Crippen LogP contribution in [-0.4, -0.2) is 26.0 Å². The lowest BCUT2D eigenvalue weighted by atomic mass is 10.2. The largest absolute Gasteiger partial charge is 0.477 e. The van der Waals surface area contributed by atoms with Crippen LogP contribution in [0.1, 0.15) is 15.2 Å². The number of carboxylic acids is 1. The van der Waals surface area contributed by atoms with Crippen LogP contribution in [0.15, 0.2) is 30.6 Å². The lowest BCUT2D eigenvalue weighted by Crippen LogP contribution is -1.98. The summed E-state index contributed by atoms with van der Waals surface area (Å²) < 4.78 is 0. The van der Waals surface area contributed by atoms with Crippen LogP contribution in [-0.2, 0) is 0 Å². The van der Waals surface area contributed by atoms with Gasteiger partial charge in [0.25, 0.3) is 5.69 Å². The SMILES string of the molecule is Cc1c(C(=O)O)sc2ncnc(Nc3cccc([N+](=O)[O-])c3)c12. The first kappa shape index (κ1) is 14.9. The summed E-state index contributed by atoms with van der Waals surface area (Å²) in [5.74, 6) is -0.608. The van der Waals surface area contributed by atoms with E-state index >= 15 is 0 Å². The average Bonchev–Trinajstić information content (AvgIpc) is 2.86. The Morgan fingerprint density at radius 2 is 2.17 bits per heavy atom.